The summed E-state index contributed by atoms with van der Waals surface area (Å²) in [4.78, 5) is 0. The predicted octanol–water partition coefficient (Wildman–Crippen LogP) is 1.59. The second kappa shape index (κ2) is 7.54. The summed E-state index contributed by atoms with van der Waals surface area (Å²) in [5, 5.41) is 0. The molecule has 0 unspecified atom stereocenters. The number of hydrogen-bond donors (Lipinski definition) is 0. The van der Waals surface area contributed by atoms with Crippen molar-refractivity contribution in [3.05, 3.63) is 0 Å². The van der Waals surface area contributed by atoms with Gasteiger partial charge in [0.05, 0.1) is 0 Å². The molecule has 0 aromatic heterocycles. The van der Waals surface area contributed by atoms with Crippen LogP contribution in [0.4, 0.5) is 8.78 Å². The van der Waals surface area contributed by atoms with Crippen LogP contribution in [0.1, 0.15) is 43.0 Å². The van der Waals surface area contributed by atoms with E-state index >= 15 is 0 Å². The molecular formula is C12H23F2LiSi. The summed E-state index contributed by atoms with van der Waals surface area (Å²) in [6.45, 7) is 12.7. The van der Waals surface area contributed by atoms with Gasteiger partial charge >= 0.3 is 18.9 Å². The first kappa shape index (κ1) is 18.6. The van der Waals surface area contributed by atoms with Crippen molar-refractivity contribution in [3.8, 4) is 11.5 Å². The Morgan fingerprint density at radius 1 is 0.875 bits per heavy atom. The minimum Gasteiger partial charge on any atom is -1.00 e. The molecule has 0 heterocycles. The second-order valence-corrected chi connectivity index (χ2v) is 10.5. The normalized spacial score (nSPS) is 11.8. The molecule has 0 fully saturated rings. The first-order valence-corrected chi connectivity index (χ1v) is 7.79. The fourth-order valence-corrected chi connectivity index (χ4v) is 7.84. The quantitative estimate of drug-likeness (QED) is 0.519. The molecule has 0 bridgehead atoms. The van der Waals surface area contributed by atoms with Gasteiger partial charge in [-0.05, 0) is 22.5 Å². The molecule has 0 aromatic rings. The number of rotatable bonds is 3. The first-order chi connectivity index (χ1) is 6.75. The van der Waals surface area contributed by atoms with E-state index in [1.165, 1.54) is 0 Å². The van der Waals surface area contributed by atoms with E-state index in [0.717, 1.165) is 0 Å². The van der Waals surface area contributed by atoms with Crippen molar-refractivity contribution in [1.29, 1.82) is 0 Å². The van der Waals surface area contributed by atoms with Gasteiger partial charge in [0, 0.05) is 0 Å². The van der Waals surface area contributed by atoms with Crippen LogP contribution in [0.5, 0.6) is 0 Å². The van der Waals surface area contributed by atoms with Gasteiger partial charge in [0.25, 0.3) is 6.43 Å². The van der Waals surface area contributed by atoms with Crippen LogP contribution in [0.3, 0.4) is 0 Å². The molecule has 0 aliphatic carbocycles. The summed E-state index contributed by atoms with van der Waals surface area (Å²) < 4.78 is 24.4. The summed E-state index contributed by atoms with van der Waals surface area (Å²) in [7, 11) is -1.93. The van der Waals surface area contributed by atoms with Gasteiger partial charge in [-0.2, -0.15) is 8.78 Å². The smallest absolute Gasteiger partial charge is 1.00 e. The number of alkyl halides is 2. The van der Waals surface area contributed by atoms with E-state index in [2.05, 4.69) is 53.0 Å². The van der Waals surface area contributed by atoms with Crippen molar-refractivity contribution in [3.63, 3.8) is 0 Å². The van der Waals surface area contributed by atoms with Gasteiger partial charge in [-0.25, -0.2) is 0 Å². The van der Waals surface area contributed by atoms with Crippen molar-refractivity contribution in [2.24, 2.45) is 0 Å². The standard InChI is InChI=1S/C12H22F2Si.Li.H/c1-9(2)15(10(3)4,11(5)6)8-7-12(13)14;;/h9-12H,1-6H3;;/q;+1;-1. The number of halogens is 2. The Morgan fingerprint density at radius 3 is 1.38 bits per heavy atom. The van der Waals surface area contributed by atoms with Gasteiger partial charge in [-0.15, -0.1) is 5.54 Å². The van der Waals surface area contributed by atoms with Crippen LogP contribution >= 0.6 is 0 Å². The van der Waals surface area contributed by atoms with Gasteiger partial charge in [0.15, 0.2) is 0 Å². The molecule has 0 spiro atoms. The molecule has 0 atom stereocenters. The van der Waals surface area contributed by atoms with Crippen LogP contribution in [0, 0.1) is 11.5 Å². The Labute approximate surface area is 113 Å². The van der Waals surface area contributed by atoms with Crippen molar-refractivity contribution in [1.82, 2.24) is 0 Å². The Hall–Kier alpha value is 0.234. The summed E-state index contributed by atoms with van der Waals surface area (Å²) in [5.74, 6) is 2.11. The van der Waals surface area contributed by atoms with Crippen molar-refractivity contribution in [2.75, 3.05) is 0 Å². The molecule has 0 aromatic carbocycles. The van der Waals surface area contributed by atoms with Gasteiger partial charge in [-0.1, -0.05) is 41.5 Å². The fourth-order valence-electron chi connectivity index (χ4n) is 2.61. The molecule has 0 N–H and O–H groups in total. The summed E-state index contributed by atoms with van der Waals surface area (Å²) in [6.07, 6.45) is -2.49. The van der Waals surface area contributed by atoms with Crippen LogP contribution in [0.2, 0.25) is 16.6 Å². The average molecular weight is 240 g/mol. The maximum absolute atomic E-state index is 12.2. The third-order valence-corrected chi connectivity index (χ3v) is 9.57. The van der Waals surface area contributed by atoms with E-state index in [4.69, 9.17) is 0 Å². The molecule has 16 heavy (non-hydrogen) atoms. The van der Waals surface area contributed by atoms with Crippen LogP contribution in [0.15, 0.2) is 0 Å². The predicted molar refractivity (Wildman–Crippen MR) is 65.9 cm³/mol. The fraction of sp³-hybridized carbons (Fsp3) is 0.833. The summed E-state index contributed by atoms with van der Waals surface area (Å²) in [6, 6.07) is 0. The second-order valence-electron chi connectivity index (χ2n) is 4.97. The largest absolute Gasteiger partial charge is 1.00 e. The molecule has 0 saturated heterocycles. The van der Waals surface area contributed by atoms with Gasteiger partial charge in [0.1, 0.15) is 8.07 Å². The molecule has 0 aliphatic heterocycles. The summed E-state index contributed by atoms with van der Waals surface area (Å²) in [5.41, 5.74) is 4.23. The Morgan fingerprint density at radius 2 is 1.19 bits per heavy atom. The molecule has 0 aliphatic rings. The number of hydrogen-bond acceptors (Lipinski definition) is 0. The Balaban J connectivity index is -0.000000980. The first-order valence-electron chi connectivity index (χ1n) is 5.56. The maximum atomic E-state index is 12.2. The monoisotopic (exact) mass is 240 g/mol. The van der Waals surface area contributed by atoms with Crippen molar-refractivity contribution >= 4 is 8.07 Å². The van der Waals surface area contributed by atoms with E-state index < -0.39 is 14.5 Å². The van der Waals surface area contributed by atoms with E-state index in [9.17, 15) is 8.78 Å². The zero-order valence-electron chi connectivity index (χ0n) is 12.6. The Bertz CT molecular complexity index is 235. The van der Waals surface area contributed by atoms with E-state index in [-0.39, 0.29) is 20.3 Å². The molecule has 0 nitrogen and oxygen atoms in total. The van der Waals surface area contributed by atoms with Crippen LogP contribution in [0.25, 0.3) is 0 Å². The van der Waals surface area contributed by atoms with E-state index in [1.807, 2.05) is 0 Å². The van der Waals surface area contributed by atoms with E-state index in [1.54, 1.807) is 0 Å². The molecule has 0 amide bonds. The summed E-state index contributed by atoms with van der Waals surface area (Å²) >= 11 is 0. The molecule has 0 rings (SSSR count). The molecule has 90 valence electrons. The molecule has 0 radical (unpaired) electrons. The molecule has 4 heteroatoms. The van der Waals surface area contributed by atoms with Crippen LogP contribution in [-0.2, 0) is 0 Å². The third kappa shape index (κ3) is 4.24. The van der Waals surface area contributed by atoms with Crippen LogP contribution < -0.4 is 18.9 Å². The minimum atomic E-state index is -2.49. The zero-order chi connectivity index (χ0) is 12.2. The third-order valence-electron chi connectivity index (χ3n) is 3.26. The SMILES string of the molecule is CC(C)[Si](C#CC(F)F)(C(C)C)C(C)C.[H-].[Li+]. The van der Waals surface area contributed by atoms with Crippen molar-refractivity contribution < 1.29 is 29.1 Å². The van der Waals surface area contributed by atoms with Crippen molar-refractivity contribution in [2.45, 2.75) is 64.6 Å². The van der Waals surface area contributed by atoms with Gasteiger partial charge < -0.3 is 1.43 Å². The van der Waals surface area contributed by atoms with Gasteiger partial charge in [-0.3, -0.25) is 0 Å². The van der Waals surface area contributed by atoms with Crippen LogP contribution in [-0.4, -0.2) is 14.5 Å². The zero-order valence-corrected chi connectivity index (χ0v) is 12.6. The Kier molecular flexibility index (Phi) is 8.76. The van der Waals surface area contributed by atoms with Gasteiger partial charge in [0.2, 0.25) is 0 Å². The average Bonchev–Trinajstić information content (AvgIpc) is 2.02. The minimum absolute atomic E-state index is 0. The molecule has 0 saturated carbocycles. The van der Waals surface area contributed by atoms with E-state index in [0.29, 0.717) is 16.6 Å². The maximum Gasteiger partial charge on any atom is 1.00 e. The topological polar surface area (TPSA) is 0 Å². The molecular weight excluding hydrogens is 217 g/mol.